The van der Waals surface area contributed by atoms with Crippen LogP contribution in [0, 0.1) is 6.92 Å². The second-order valence-electron chi connectivity index (χ2n) is 6.56. The van der Waals surface area contributed by atoms with Gasteiger partial charge in [0, 0.05) is 13.1 Å². The molecule has 6 nitrogen and oxygen atoms in total. The van der Waals surface area contributed by atoms with Gasteiger partial charge in [-0.15, -0.1) is 0 Å². The molecule has 3 rings (SSSR count). The number of hydrogen-bond acceptors (Lipinski definition) is 4. The average Bonchev–Trinajstić information content (AvgIpc) is 2.72. The fourth-order valence-electron chi connectivity index (χ4n) is 3.10. The lowest BCUT2D eigenvalue weighted by Crippen LogP contribution is -2.46. The van der Waals surface area contributed by atoms with Crippen LogP contribution in [0.1, 0.15) is 22.8 Å². The highest BCUT2D eigenvalue weighted by Gasteiger charge is 2.25. The van der Waals surface area contributed by atoms with Gasteiger partial charge < -0.3 is 24.4 Å². The van der Waals surface area contributed by atoms with E-state index in [4.69, 9.17) is 14.2 Å². The van der Waals surface area contributed by atoms with Crippen LogP contribution in [-0.2, 0) is 11.3 Å². The predicted octanol–water partition coefficient (Wildman–Crippen LogP) is 3.30. The molecule has 27 heavy (non-hydrogen) atoms. The number of morpholine rings is 1. The maximum Gasteiger partial charge on any atom is 0.317 e. The third-order valence-electron chi connectivity index (χ3n) is 4.69. The van der Waals surface area contributed by atoms with E-state index in [0.717, 1.165) is 11.1 Å². The summed E-state index contributed by atoms with van der Waals surface area (Å²) in [5, 5.41) is 2.97. The van der Waals surface area contributed by atoms with E-state index in [1.807, 2.05) is 18.2 Å². The largest absolute Gasteiger partial charge is 0.493 e. The van der Waals surface area contributed by atoms with Gasteiger partial charge in [0.15, 0.2) is 11.5 Å². The van der Waals surface area contributed by atoms with Crippen LogP contribution < -0.4 is 14.8 Å². The van der Waals surface area contributed by atoms with Crippen molar-refractivity contribution in [2.24, 2.45) is 0 Å². The van der Waals surface area contributed by atoms with Gasteiger partial charge in [-0.3, -0.25) is 0 Å². The van der Waals surface area contributed by atoms with Crippen LogP contribution in [0.2, 0.25) is 0 Å². The summed E-state index contributed by atoms with van der Waals surface area (Å²) >= 11 is 0. The Balaban J connectivity index is 1.58. The normalized spacial score (nSPS) is 16.7. The molecule has 2 amide bonds. The molecule has 0 radical (unpaired) electrons. The zero-order chi connectivity index (χ0) is 19.2. The van der Waals surface area contributed by atoms with Crippen molar-refractivity contribution in [2.75, 3.05) is 33.9 Å². The number of carbonyl (C=O) groups excluding carboxylic acids is 1. The number of benzene rings is 2. The third kappa shape index (κ3) is 4.71. The van der Waals surface area contributed by atoms with Crippen molar-refractivity contribution in [3.63, 3.8) is 0 Å². The number of methoxy groups -OCH3 is 2. The van der Waals surface area contributed by atoms with Gasteiger partial charge in [0.25, 0.3) is 0 Å². The Morgan fingerprint density at radius 1 is 1.15 bits per heavy atom. The lowest BCUT2D eigenvalue weighted by Gasteiger charge is -2.33. The number of nitrogens with zero attached hydrogens (tertiary/aromatic N) is 1. The summed E-state index contributed by atoms with van der Waals surface area (Å²) in [4.78, 5) is 14.4. The average molecular weight is 370 g/mol. The number of rotatable bonds is 5. The Morgan fingerprint density at radius 2 is 1.89 bits per heavy atom. The van der Waals surface area contributed by atoms with Crippen molar-refractivity contribution in [1.82, 2.24) is 10.2 Å². The molecule has 0 aliphatic carbocycles. The zero-order valence-electron chi connectivity index (χ0n) is 16.0. The first-order valence-corrected chi connectivity index (χ1v) is 9.02. The maximum absolute atomic E-state index is 12.6. The Kier molecular flexibility index (Phi) is 6.19. The molecular formula is C21H26N2O4. The Morgan fingerprint density at radius 3 is 2.59 bits per heavy atom. The number of ether oxygens (including phenoxy) is 3. The molecule has 6 heteroatoms. The van der Waals surface area contributed by atoms with Gasteiger partial charge in [0.1, 0.15) is 6.10 Å². The van der Waals surface area contributed by atoms with Gasteiger partial charge in [-0.1, -0.05) is 35.9 Å². The van der Waals surface area contributed by atoms with Crippen molar-refractivity contribution >= 4 is 6.03 Å². The van der Waals surface area contributed by atoms with Crippen molar-refractivity contribution < 1.29 is 19.0 Å². The van der Waals surface area contributed by atoms with Gasteiger partial charge in [0.2, 0.25) is 0 Å². The van der Waals surface area contributed by atoms with E-state index in [1.54, 1.807) is 19.1 Å². The first-order valence-electron chi connectivity index (χ1n) is 9.02. The molecule has 1 N–H and O–H groups in total. The van der Waals surface area contributed by atoms with Crippen LogP contribution in [0.4, 0.5) is 4.79 Å². The standard InChI is InChI=1S/C21H26N2O4/c1-15-4-7-17(8-5-15)20-14-23(10-11-27-20)21(24)22-13-16-6-9-18(25-2)19(12-16)26-3/h4-9,12,20H,10-11,13-14H2,1-3H3,(H,22,24). The fraction of sp³-hybridized carbons (Fsp3) is 0.381. The van der Waals surface area contributed by atoms with Crippen LogP contribution in [0.5, 0.6) is 11.5 Å². The van der Waals surface area contributed by atoms with E-state index in [-0.39, 0.29) is 12.1 Å². The summed E-state index contributed by atoms with van der Waals surface area (Å²) in [7, 11) is 3.20. The molecule has 1 saturated heterocycles. The summed E-state index contributed by atoms with van der Waals surface area (Å²) in [6.07, 6.45) is -0.0915. The van der Waals surface area contributed by atoms with Gasteiger partial charge in [-0.25, -0.2) is 4.79 Å². The number of carbonyl (C=O) groups is 1. The smallest absolute Gasteiger partial charge is 0.317 e. The number of nitrogens with one attached hydrogen (secondary N) is 1. The molecule has 0 saturated carbocycles. The minimum Gasteiger partial charge on any atom is -0.493 e. The van der Waals surface area contributed by atoms with Gasteiger partial charge >= 0.3 is 6.03 Å². The highest BCUT2D eigenvalue weighted by Crippen LogP contribution is 2.27. The topological polar surface area (TPSA) is 60.0 Å². The zero-order valence-corrected chi connectivity index (χ0v) is 16.0. The Bertz CT molecular complexity index is 776. The summed E-state index contributed by atoms with van der Waals surface area (Å²) in [5.41, 5.74) is 3.25. The van der Waals surface area contributed by atoms with Crippen molar-refractivity contribution in [2.45, 2.75) is 19.6 Å². The number of hydrogen-bond donors (Lipinski definition) is 1. The van der Waals surface area contributed by atoms with Crippen molar-refractivity contribution in [3.05, 3.63) is 59.2 Å². The molecule has 1 aliphatic heterocycles. The SMILES string of the molecule is COc1ccc(CNC(=O)N2CCOC(c3ccc(C)cc3)C2)cc1OC. The molecule has 1 aliphatic rings. The minimum atomic E-state index is -0.0924. The first kappa shape index (κ1) is 19.0. The molecule has 0 bridgehead atoms. The fourth-order valence-corrected chi connectivity index (χ4v) is 3.10. The second-order valence-corrected chi connectivity index (χ2v) is 6.56. The van der Waals surface area contributed by atoms with E-state index in [0.29, 0.717) is 37.7 Å². The molecule has 2 aromatic rings. The molecule has 1 heterocycles. The Labute approximate surface area is 160 Å². The van der Waals surface area contributed by atoms with Gasteiger partial charge in [-0.05, 0) is 30.2 Å². The highest BCUT2D eigenvalue weighted by atomic mass is 16.5. The number of aryl methyl sites for hydroxylation is 1. The van der Waals surface area contributed by atoms with Crippen LogP contribution in [0.25, 0.3) is 0 Å². The second kappa shape index (κ2) is 8.77. The van der Waals surface area contributed by atoms with Crippen LogP contribution in [0.15, 0.2) is 42.5 Å². The van der Waals surface area contributed by atoms with Crippen molar-refractivity contribution in [3.8, 4) is 11.5 Å². The van der Waals surface area contributed by atoms with E-state index in [2.05, 4.69) is 36.5 Å². The maximum atomic E-state index is 12.6. The molecule has 2 aromatic carbocycles. The highest BCUT2D eigenvalue weighted by molar-refractivity contribution is 5.74. The molecule has 144 valence electrons. The molecule has 1 fully saturated rings. The lowest BCUT2D eigenvalue weighted by atomic mass is 10.1. The predicted molar refractivity (Wildman–Crippen MR) is 103 cm³/mol. The lowest BCUT2D eigenvalue weighted by molar-refractivity contribution is -0.0154. The van der Waals surface area contributed by atoms with E-state index < -0.39 is 0 Å². The summed E-state index contributed by atoms with van der Waals surface area (Å²) in [6, 6.07) is 13.8. The molecule has 0 spiro atoms. The molecule has 0 aromatic heterocycles. The third-order valence-corrected chi connectivity index (χ3v) is 4.69. The van der Waals surface area contributed by atoms with Crippen LogP contribution >= 0.6 is 0 Å². The first-order chi connectivity index (χ1) is 13.1. The Hall–Kier alpha value is -2.73. The van der Waals surface area contributed by atoms with E-state index in [1.165, 1.54) is 5.56 Å². The number of urea groups is 1. The minimum absolute atomic E-state index is 0.0915. The van der Waals surface area contributed by atoms with Crippen molar-refractivity contribution in [1.29, 1.82) is 0 Å². The summed E-state index contributed by atoms with van der Waals surface area (Å²) < 4.78 is 16.4. The molecule has 1 unspecified atom stereocenters. The monoisotopic (exact) mass is 370 g/mol. The summed E-state index contributed by atoms with van der Waals surface area (Å²) in [6.45, 7) is 4.13. The van der Waals surface area contributed by atoms with Crippen LogP contribution in [-0.4, -0.2) is 44.8 Å². The van der Waals surface area contributed by atoms with Gasteiger partial charge in [0.05, 0.1) is 27.4 Å². The van der Waals surface area contributed by atoms with Gasteiger partial charge in [-0.2, -0.15) is 0 Å². The molecular weight excluding hydrogens is 344 g/mol. The van der Waals surface area contributed by atoms with Crippen LogP contribution in [0.3, 0.4) is 0 Å². The number of amides is 2. The summed E-state index contributed by atoms with van der Waals surface area (Å²) in [5.74, 6) is 1.32. The quantitative estimate of drug-likeness (QED) is 0.877. The van der Waals surface area contributed by atoms with E-state index in [9.17, 15) is 4.79 Å². The molecule has 1 atom stereocenters. The van der Waals surface area contributed by atoms with E-state index >= 15 is 0 Å².